The number of methoxy groups -OCH3 is 2. The highest BCUT2D eigenvalue weighted by Gasteiger charge is 2.11. The van der Waals surface area contributed by atoms with E-state index in [0.717, 1.165) is 29.5 Å². The van der Waals surface area contributed by atoms with Crippen molar-refractivity contribution >= 4 is 5.96 Å². The maximum atomic E-state index is 5.48. The van der Waals surface area contributed by atoms with Crippen LogP contribution in [-0.4, -0.2) is 36.5 Å². The number of nitrogens with one attached hydrogen (secondary N) is 2. The van der Waals surface area contributed by atoms with Gasteiger partial charge in [-0.25, -0.2) is 4.99 Å². The molecule has 26 heavy (non-hydrogen) atoms. The molecule has 0 radical (unpaired) electrons. The van der Waals surface area contributed by atoms with Gasteiger partial charge in [-0.2, -0.15) is 5.10 Å². The summed E-state index contributed by atoms with van der Waals surface area (Å²) in [5, 5.41) is 11.1. The quantitative estimate of drug-likeness (QED) is 0.586. The lowest BCUT2D eigenvalue weighted by atomic mass is 10.2. The fourth-order valence-electron chi connectivity index (χ4n) is 2.83. The summed E-state index contributed by atoms with van der Waals surface area (Å²) in [4.78, 5) is 4.68. The summed E-state index contributed by atoms with van der Waals surface area (Å²) in [6.07, 6.45) is 0. The number of aryl methyl sites for hydroxylation is 2. The van der Waals surface area contributed by atoms with Crippen LogP contribution in [-0.2, 0) is 20.1 Å². The minimum Gasteiger partial charge on any atom is -0.493 e. The lowest BCUT2D eigenvalue weighted by molar-refractivity contribution is 0.352. The molecule has 0 bridgehead atoms. The molecule has 0 spiro atoms. The number of aliphatic imine (C=N–C) groups is 1. The van der Waals surface area contributed by atoms with Crippen LogP contribution in [0, 0.1) is 13.8 Å². The molecule has 7 nitrogen and oxygen atoms in total. The summed E-state index contributed by atoms with van der Waals surface area (Å²) in [5.41, 5.74) is 4.35. The Labute approximate surface area is 155 Å². The Balaban J connectivity index is 2.14. The highest BCUT2D eigenvalue weighted by Crippen LogP contribution is 2.31. The number of hydrogen-bond donors (Lipinski definition) is 2. The van der Waals surface area contributed by atoms with E-state index in [1.165, 1.54) is 5.56 Å². The van der Waals surface area contributed by atoms with Crippen LogP contribution < -0.4 is 20.1 Å². The zero-order chi connectivity index (χ0) is 19.1. The maximum Gasteiger partial charge on any atom is 0.191 e. The third kappa shape index (κ3) is 4.47. The third-order valence-corrected chi connectivity index (χ3v) is 4.33. The van der Waals surface area contributed by atoms with E-state index in [-0.39, 0.29) is 0 Å². The molecule has 0 aliphatic heterocycles. The first-order valence-electron chi connectivity index (χ1n) is 8.72. The molecule has 2 N–H and O–H groups in total. The van der Waals surface area contributed by atoms with Gasteiger partial charge in [-0.3, -0.25) is 4.68 Å². The van der Waals surface area contributed by atoms with E-state index in [2.05, 4.69) is 27.6 Å². The highest BCUT2D eigenvalue weighted by atomic mass is 16.5. The van der Waals surface area contributed by atoms with Gasteiger partial charge >= 0.3 is 0 Å². The maximum absolute atomic E-state index is 5.48. The number of ether oxygens (including phenoxy) is 2. The van der Waals surface area contributed by atoms with Gasteiger partial charge in [0.05, 0.1) is 26.5 Å². The molecule has 2 aromatic rings. The van der Waals surface area contributed by atoms with Crippen LogP contribution in [0.15, 0.2) is 23.2 Å². The monoisotopic (exact) mass is 359 g/mol. The second-order valence-electron chi connectivity index (χ2n) is 5.97. The molecule has 2 rings (SSSR count). The molecule has 0 unspecified atom stereocenters. The van der Waals surface area contributed by atoms with E-state index in [0.29, 0.717) is 24.6 Å². The summed E-state index contributed by atoms with van der Waals surface area (Å²) in [7, 11) is 5.23. The van der Waals surface area contributed by atoms with Crippen molar-refractivity contribution < 1.29 is 9.47 Å². The van der Waals surface area contributed by atoms with Crippen molar-refractivity contribution in [3.05, 3.63) is 40.7 Å². The Kier molecular flexibility index (Phi) is 6.89. The van der Waals surface area contributed by atoms with Crippen molar-refractivity contribution in [2.45, 2.75) is 33.9 Å². The normalized spacial score (nSPS) is 11.4. The van der Waals surface area contributed by atoms with E-state index in [9.17, 15) is 0 Å². The first-order valence-corrected chi connectivity index (χ1v) is 8.72. The van der Waals surface area contributed by atoms with Gasteiger partial charge in [0.1, 0.15) is 0 Å². The van der Waals surface area contributed by atoms with Gasteiger partial charge in [-0.15, -0.1) is 0 Å². The average Bonchev–Trinajstić information content (AvgIpc) is 2.88. The molecule has 0 aliphatic carbocycles. The zero-order valence-corrected chi connectivity index (χ0v) is 16.5. The largest absolute Gasteiger partial charge is 0.493 e. The molecule has 0 saturated heterocycles. The number of hydrogen-bond acceptors (Lipinski definition) is 4. The van der Waals surface area contributed by atoms with Crippen LogP contribution in [0.25, 0.3) is 0 Å². The number of benzene rings is 1. The lowest BCUT2D eigenvalue weighted by Gasteiger charge is -2.14. The molecule has 1 heterocycles. The first kappa shape index (κ1) is 19.6. The number of nitrogens with zero attached hydrogens (tertiary/aromatic N) is 3. The molecule has 142 valence electrons. The molecule has 1 aromatic heterocycles. The van der Waals surface area contributed by atoms with Crippen molar-refractivity contribution in [1.29, 1.82) is 0 Å². The molecular weight excluding hydrogens is 330 g/mol. The van der Waals surface area contributed by atoms with E-state index in [1.54, 1.807) is 14.2 Å². The third-order valence-electron chi connectivity index (χ3n) is 4.33. The van der Waals surface area contributed by atoms with E-state index in [1.807, 2.05) is 43.8 Å². The smallest absolute Gasteiger partial charge is 0.191 e. The first-order chi connectivity index (χ1) is 12.5. The van der Waals surface area contributed by atoms with Gasteiger partial charge in [0, 0.05) is 37.0 Å². The Morgan fingerprint density at radius 2 is 1.96 bits per heavy atom. The zero-order valence-electron chi connectivity index (χ0n) is 16.5. The van der Waals surface area contributed by atoms with Crippen LogP contribution in [0.4, 0.5) is 0 Å². The highest BCUT2D eigenvalue weighted by molar-refractivity contribution is 5.79. The van der Waals surface area contributed by atoms with Gasteiger partial charge in [0.25, 0.3) is 0 Å². The average molecular weight is 359 g/mol. The second kappa shape index (κ2) is 9.12. The van der Waals surface area contributed by atoms with Crippen molar-refractivity contribution in [2.24, 2.45) is 12.0 Å². The van der Waals surface area contributed by atoms with Gasteiger partial charge in [-0.1, -0.05) is 12.1 Å². The molecule has 0 amide bonds. The number of para-hydroxylation sites is 1. The van der Waals surface area contributed by atoms with E-state index < -0.39 is 0 Å². The minimum atomic E-state index is 0.487. The summed E-state index contributed by atoms with van der Waals surface area (Å²) in [6.45, 7) is 8.08. The molecule has 0 atom stereocenters. The summed E-state index contributed by atoms with van der Waals surface area (Å²) < 4.78 is 12.7. The second-order valence-corrected chi connectivity index (χ2v) is 5.97. The van der Waals surface area contributed by atoms with Gasteiger partial charge in [-0.05, 0) is 26.8 Å². The lowest BCUT2D eigenvalue weighted by Crippen LogP contribution is -2.37. The van der Waals surface area contributed by atoms with E-state index >= 15 is 0 Å². The molecule has 0 saturated carbocycles. The van der Waals surface area contributed by atoms with Gasteiger partial charge in [0.2, 0.25) is 0 Å². The Morgan fingerprint density at radius 1 is 1.19 bits per heavy atom. The van der Waals surface area contributed by atoms with Crippen molar-refractivity contribution in [3.8, 4) is 11.5 Å². The molecule has 7 heteroatoms. The SMILES string of the molecule is CCNC(=NCc1cccc(OC)c1OC)NCc1c(C)nn(C)c1C. The Hall–Kier alpha value is -2.70. The van der Waals surface area contributed by atoms with E-state index in [4.69, 9.17) is 9.47 Å². The molecule has 1 aromatic carbocycles. The van der Waals surface area contributed by atoms with Crippen molar-refractivity contribution in [3.63, 3.8) is 0 Å². The summed E-state index contributed by atoms with van der Waals surface area (Å²) in [6, 6.07) is 5.81. The van der Waals surface area contributed by atoms with Crippen LogP contribution in [0.3, 0.4) is 0 Å². The van der Waals surface area contributed by atoms with Crippen LogP contribution in [0.2, 0.25) is 0 Å². The van der Waals surface area contributed by atoms with Crippen LogP contribution in [0.5, 0.6) is 11.5 Å². The fraction of sp³-hybridized carbons (Fsp3) is 0.474. The minimum absolute atomic E-state index is 0.487. The number of rotatable bonds is 7. The Morgan fingerprint density at radius 3 is 2.54 bits per heavy atom. The summed E-state index contributed by atoms with van der Waals surface area (Å²) in [5.74, 6) is 2.17. The molecule has 0 fully saturated rings. The van der Waals surface area contributed by atoms with Gasteiger partial charge < -0.3 is 20.1 Å². The summed E-state index contributed by atoms with van der Waals surface area (Å²) >= 11 is 0. The Bertz CT molecular complexity index is 768. The topological polar surface area (TPSA) is 72.7 Å². The van der Waals surface area contributed by atoms with Crippen molar-refractivity contribution in [2.75, 3.05) is 20.8 Å². The van der Waals surface area contributed by atoms with Crippen LogP contribution in [0.1, 0.15) is 29.4 Å². The number of aromatic nitrogens is 2. The predicted molar refractivity (Wildman–Crippen MR) is 104 cm³/mol. The molecule has 0 aliphatic rings. The number of guanidine groups is 1. The van der Waals surface area contributed by atoms with Gasteiger partial charge in [0.15, 0.2) is 17.5 Å². The van der Waals surface area contributed by atoms with Crippen LogP contribution >= 0.6 is 0 Å². The predicted octanol–water partition coefficient (Wildman–Crippen LogP) is 2.31. The fourth-order valence-corrected chi connectivity index (χ4v) is 2.83. The molecular formula is C19H29N5O2. The van der Waals surface area contributed by atoms with Crippen molar-refractivity contribution in [1.82, 2.24) is 20.4 Å². The standard InChI is InChI=1S/C19H29N5O2/c1-7-20-19(22-12-16-13(2)23-24(4)14(16)3)21-11-15-9-8-10-17(25-5)18(15)26-6/h8-10H,7,11-12H2,1-6H3,(H2,20,21,22).